The molecule has 7 heterocycles. The van der Waals surface area contributed by atoms with Gasteiger partial charge in [0.1, 0.15) is 24.3 Å². The van der Waals surface area contributed by atoms with Crippen LogP contribution in [0.25, 0.3) is 21.7 Å². The Morgan fingerprint density at radius 3 is 2.59 bits per heavy atom. The number of β-amino-alcohol motifs (C(OH)–C–C–N with tert-alkyl or cyclic N) is 2. The molecule has 0 aliphatic carbocycles. The smallest absolute Gasteiger partial charge is 0.254 e. The highest BCUT2D eigenvalue weighted by atomic mass is 32.1. The molecule has 5 aromatic rings. The number of thiazole rings is 1. The number of carbonyl (C=O) groups is 2. The van der Waals surface area contributed by atoms with Crippen molar-refractivity contribution in [1.82, 2.24) is 40.4 Å². The zero-order valence-electron chi connectivity index (χ0n) is 36.5. The lowest BCUT2D eigenvalue weighted by Crippen LogP contribution is -2.61. The molecular weight excluding hydrogens is 837 g/mol. The molecule has 2 aromatic carbocycles. The lowest BCUT2D eigenvalue weighted by Gasteiger charge is -2.47. The second-order valence-corrected chi connectivity index (χ2v) is 18.6. The number of aliphatic hydroxyl groups excluding tert-OH is 2. The highest BCUT2D eigenvalue weighted by Gasteiger charge is 2.44. The van der Waals surface area contributed by atoms with Crippen LogP contribution in [0.4, 0.5) is 11.5 Å². The van der Waals surface area contributed by atoms with Crippen molar-refractivity contribution in [3.05, 3.63) is 83.2 Å². The summed E-state index contributed by atoms with van der Waals surface area (Å²) in [7, 11) is 0. The number of hydrogen-bond acceptors (Lipinski definition) is 16. The van der Waals surface area contributed by atoms with Crippen molar-refractivity contribution in [2.24, 2.45) is 5.92 Å². The molecule has 0 spiro atoms. The molecule has 64 heavy (non-hydrogen) atoms. The summed E-state index contributed by atoms with van der Waals surface area (Å²) in [4.78, 5) is 41.8. The number of phenols is 1. The van der Waals surface area contributed by atoms with Crippen molar-refractivity contribution in [3.63, 3.8) is 0 Å². The molecule has 338 valence electrons. The molecule has 7 atom stereocenters. The Labute approximate surface area is 376 Å². The van der Waals surface area contributed by atoms with Crippen molar-refractivity contribution in [1.29, 1.82) is 0 Å². The van der Waals surface area contributed by atoms with E-state index < -0.39 is 24.2 Å². The van der Waals surface area contributed by atoms with E-state index in [1.165, 1.54) is 4.90 Å². The van der Waals surface area contributed by atoms with E-state index in [2.05, 4.69) is 45.7 Å². The Balaban J connectivity index is 0.770. The van der Waals surface area contributed by atoms with E-state index >= 15 is 0 Å². The van der Waals surface area contributed by atoms with Crippen molar-refractivity contribution in [2.75, 3.05) is 69.2 Å². The maximum absolute atomic E-state index is 14.2. The normalized spacial score (nSPS) is 23.4. The van der Waals surface area contributed by atoms with E-state index in [4.69, 9.17) is 9.26 Å². The van der Waals surface area contributed by atoms with Crippen LogP contribution in [0, 0.1) is 12.8 Å². The first-order valence-electron chi connectivity index (χ1n) is 22.1. The summed E-state index contributed by atoms with van der Waals surface area (Å²) in [5.41, 5.74) is 7.00. The van der Waals surface area contributed by atoms with Crippen LogP contribution >= 0.6 is 11.3 Å². The Morgan fingerprint density at radius 1 is 1.02 bits per heavy atom. The molecular formula is C46H56N10O7S. The van der Waals surface area contributed by atoms with E-state index in [1.54, 1.807) is 29.5 Å². The van der Waals surface area contributed by atoms with Gasteiger partial charge in [-0.3, -0.25) is 19.4 Å². The molecule has 2 amide bonds. The van der Waals surface area contributed by atoms with Crippen LogP contribution in [0.15, 0.2) is 70.7 Å². The number of amides is 2. The number of benzene rings is 2. The fourth-order valence-corrected chi connectivity index (χ4v) is 10.5. The molecule has 3 fully saturated rings. The van der Waals surface area contributed by atoms with Crippen LogP contribution in [0.2, 0.25) is 0 Å². The number of ether oxygens (including phenoxy) is 1. The highest BCUT2D eigenvalue weighted by molar-refractivity contribution is 7.13. The van der Waals surface area contributed by atoms with Gasteiger partial charge in [-0.05, 0) is 54.2 Å². The van der Waals surface area contributed by atoms with Gasteiger partial charge in [0.2, 0.25) is 11.8 Å². The van der Waals surface area contributed by atoms with E-state index in [9.17, 15) is 24.9 Å². The first-order chi connectivity index (χ1) is 30.9. The maximum atomic E-state index is 14.2. The lowest BCUT2D eigenvalue weighted by atomic mass is 9.91. The van der Waals surface area contributed by atoms with Crippen LogP contribution in [-0.2, 0) is 9.59 Å². The minimum atomic E-state index is -0.845. The number of nitrogens with one attached hydrogen (secondary N) is 2. The summed E-state index contributed by atoms with van der Waals surface area (Å²) in [6.07, 6.45) is -1.22. The summed E-state index contributed by atoms with van der Waals surface area (Å²) in [5.74, 6) is -0.119. The predicted octanol–water partition coefficient (Wildman–Crippen LogP) is 3.89. The number of carbonyl (C=O) groups excluding carboxylic acids is 2. The molecule has 9 rings (SSSR count). The molecule has 4 aliphatic rings. The zero-order chi connectivity index (χ0) is 44.6. The van der Waals surface area contributed by atoms with Gasteiger partial charge in [-0.2, -0.15) is 0 Å². The molecule has 18 heteroatoms. The molecule has 0 saturated carbocycles. The third-order valence-corrected chi connectivity index (χ3v) is 14.1. The fourth-order valence-electron chi connectivity index (χ4n) is 9.70. The molecule has 5 N–H and O–H groups in total. The van der Waals surface area contributed by atoms with Gasteiger partial charge in [0, 0.05) is 76.5 Å². The SMILES string of the molecule is Cc1ncsc1-c1ccc([C@H](C)NC(=O)[C@@H]2C[C@@H](O)CN2C(=O)[C@@H](c2cc(OCCN3CC(O)C(N4CCN5c6cc(-c7ccccc7O)nnc6NC[C@H]5C4)C3)no2)C(C)C)cc1. The van der Waals surface area contributed by atoms with Gasteiger partial charge >= 0.3 is 0 Å². The van der Waals surface area contributed by atoms with Crippen molar-refractivity contribution >= 4 is 34.7 Å². The third kappa shape index (κ3) is 8.89. The Hall–Kier alpha value is -5.66. The minimum Gasteiger partial charge on any atom is -0.507 e. The first kappa shape index (κ1) is 43.6. The van der Waals surface area contributed by atoms with Crippen LogP contribution in [-0.4, -0.2) is 151 Å². The van der Waals surface area contributed by atoms with Gasteiger partial charge in [-0.15, -0.1) is 21.5 Å². The second-order valence-electron chi connectivity index (χ2n) is 17.8. The summed E-state index contributed by atoms with van der Waals surface area (Å²) in [6, 6.07) is 17.7. The van der Waals surface area contributed by atoms with Crippen molar-refractivity contribution in [3.8, 4) is 33.3 Å². The van der Waals surface area contributed by atoms with E-state index in [0.717, 1.165) is 52.8 Å². The van der Waals surface area contributed by atoms with E-state index in [1.807, 2.05) is 75.7 Å². The van der Waals surface area contributed by atoms with Gasteiger partial charge in [-0.25, -0.2) is 4.98 Å². The number of anilines is 2. The van der Waals surface area contributed by atoms with Gasteiger partial charge in [0.15, 0.2) is 11.6 Å². The summed E-state index contributed by atoms with van der Waals surface area (Å²) < 4.78 is 11.8. The Morgan fingerprint density at radius 2 is 1.83 bits per heavy atom. The monoisotopic (exact) mass is 892 g/mol. The summed E-state index contributed by atoms with van der Waals surface area (Å²) in [5, 5.41) is 51.8. The molecule has 17 nitrogen and oxygen atoms in total. The quantitative estimate of drug-likeness (QED) is 0.114. The Bertz CT molecular complexity index is 2450. The molecule has 3 saturated heterocycles. The molecule has 0 radical (unpaired) electrons. The van der Waals surface area contributed by atoms with Gasteiger partial charge in [-0.1, -0.05) is 50.2 Å². The fraction of sp³-hybridized carbons (Fsp3) is 0.478. The number of aromatic nitrogens is 4. The lowest BCUT2D eigenvalue weighted by molar-refractivity contribution is -0.141. The van der Waals surface area contributed by atoms with E-state index in [-0.39, 0.29) is 60.5 Å². The van der Waals surface area contributed by atoms with Crippen LogP contribution < -0.4 is 20.3 Å². The average molecular weight is 893 g/mol. The number of para-hydroxylation sites is 1. The van der Waals surface area contributed by atoms with Gasteiger partial charge < -0.3 is 45.0 Å². The summed E-state index contributed by atoms with van der Waals surface area (Å²) in [6.45, 7) is 12.8. The van der Waals surface area contributed by atoms with Crippen LogP contribution in [0.5, 0.6) is 11.6 Å². The highest BCUT2D eigenvalue weighted by Crippen LogP contribution is 2.37. The molecule has 0 bridgehead atoms. The van der Waals surface area contributed by atoms with Crippen LogP contribution in [0.1, 0.15) is 56.2 Å². The van der Waals surface area contributed by atoms with Crippen molar-refractivity contribution < 1.29 is 34.2 Å². The largest absolute Gasteiger partial charge is 0.507 e. The van der Waals surface area contributed by atoms with Gasteiger partial charge in [0.25, 0.3) is 5.88 Å². The second kappa shape index (κ2) is 18.4. The number of nitrogens with zero attached hydrogens (tertiary/aromatic N) is 8. The maximum Gasteiger partial charge on any atom is 0.254 e. The van der Waals surface area contributed by atoms with Crippen LogP contribution in [0.3, 0.4) is 0 Å². The molecule has 4 aliphatic heterocycles. The third-order valence-electron chi connectivity index (χ3n) is 13.1. The number of hydrogen-bond donors (Lipinski definition) is 5. The number of piperazine rings is 1. The number of likely N-dealkylation sites (tertiary alicyclic amines) is 2. The van der Waals surface area contributed by atoms with Crippen molar-refractivity contribution in [2.45, 2.75) is 76.4 Å². The van der Waals surface area contributed by atoms with E-state index in [0.29, 0.717) is 49.8 Å². The summed E-state index contributed by atoms with van der Waals surface area (Å²) >= 11 is 1.59. The first-order valence-corrected chi connectivity index (χ1v) is 23.0. The number of rotatable bonds is 13. The number of aromatic hydroxyl groups is 1. The average Bonchev–Trinajstić information content (AvgIpc) is 4.11. The zero-order valence-corrected chi connectivity index (χ0v) is 37.3. The number of fused-ring (bicyclic) bond motifs is 3. The standard InChI is InChI=1S/C46H56N10O7S/c1-26(2)42(46(61)56-22-32(57)17-36(56)45(60)49-27(3)29-9-11-30(12-10-29)43-28(4)48-25-64-43)40-19-41(52-63-40)62-16-15-53-23-37(39(59)24-53)54-13-14-55-31(21-54)20-47-44-35(55)18-34(50-51-44)33-7-5-6-8-38(33)58/h5-12,18-19,25-27,31-32,36-37,39,42,57-59H,13-17,20-24H2,1-4H3,(H,47,51)(H,49,60)/t27-,31-,32+,36-,37?,39?,42+/m0/s1. The Kier molecular flexibility index (Phi) is 12.6. The molecule has 3 aromatic heterocycles. The topological polar surface area (TPSA) is 206 Å². The number of aliphatic hydroxyl groups is 2. The van der Waals surface area contributed by atoms with Gasteiger partial charge in [0.05, 0.1) is 51.8 Å². The molecule has 2 unspecified atom stereocenters. The number of phenolic OH excluding ortho intramolecular Hbond substituents is 1. The number of aryl methyl sites for hydroxylation is 1. The predicted molar refractivity (Wildman–Crippen MR) is 241 cm³/mol. The minimum absolute atomic E-state index is 0.0314.